The molecule has 1 fully saturated rings. The van der Waals surface area contributed by atoms with Crippen molar-refractivity contribution in [2.24, 2.45) is 5.92 Å². The lowest BCUT2D eigenvalue weighted by molar-refractivity contribution is 0.187. The van der Waals surface area contributed by atoms with Crippen molar-refractivity contribution in [1.82, 2.24) is 15.1 Å². The Balaban J connectivity index is 1.80. The molecule has 1 aromatic carbocycles. The zero-order valence-electron chi connectivity index (χ0n) is 13.8. The average molecular weight is 287 g/mol. The number of fused-ring (bicyclic) bond motifs is 1. The summed E-state index contributed by atoms with van der Waals surface area (Å²) in [6.45, 7) is 8.08. The van der Waals surface area contributed by atoms with Crippen LogP contribution >= 0.6 is 0 Å². The predicted molar refractivity (Wildman–Crippen MR) is 88.6 cm³/mol. The molecule has 1 N–H and O–H groups in total. The molecule has 0 amide bonds. The van der Waals surface area contributed by atoms with E-state index in [1.165, 1.54) is 30.6 Å². The molecule has 1 heterocycles. The van der Waals surface area contributed by atoms with E-state index in [4.69, 9.17) is 0 Å². The fourth-order valence-electron chi connectivity index (χ4n) is 4.31. The van der Waals surface area contributed by atoms with Crippen LogP contribution in [0.5, 0.6) is 0 Å². The van der Waals surface area contributed by atoms with Gasteiger partial charge in [-0.1, -0.05) is 38.1 Å². The monoisotopic (exact) mass is 287 g/mol. The van der Waals surface area contributed by atoms with Gasteiger partial charge in [0.05, 0.1) is 0 Å². The van der Waals surface area contributed by atoms with Crippen LogP contribution in [-0.4, -0.2) is 55.6 Å². The zero-order valence-corrected chi connectivity index (χ0v) is 13.8. The standard InChI is InChI=1S/C18H29N3/c1-5-19-18-15-9-7-6-8-14(15)10-16(18)21-11-13(2)17(12-21)20(3)4/h6-9,13,16-19H,5,10-12H2,1-4H3. The molecule has 0 saturated carbocycles. The maximum atomic E-state index is 3.73. The summed E-state index contributed by atoms with van der Waals surface area (Å²) >= 11 is 0. The minimum Gasteiger partial charge on any atom is -0.309 e. The highest BCUT2D eigenvalue weighted by Gasteiger charge is 2.41. The topological polar surface area (TPSA) is 18.5 Å². The van der Waals surface area contributed by atoms with Crippen LogP contribution in [0, 0.1) is 5.92 Å². The summed E-state index contributed by atoms with van der Waals surface area (Å²) in [5.41, 5.74) is 3.06. The molecule has 3 rings (SSSR count). The molecule has 1 aliphatic carbocycles. The third-order valence-corrected chi connectivity index (χ3v) is 5.36. The highest BCUT2D eigenvalue weighted by molar-refractivity contribution is 5.37. The van der Waals surface area contributed by atoms with Gasteiger partial charge in [-0.2, -0.15) is 0 Å². The van der Waals surface area contributed by atoms with Crippen molar-refractivity contribution in [3.05, 3.63) is 35.4 Å². The second kappa shape index (κ2) is 6.07. The smallest absolute Gasteiger partial charge is 0.0484 e. The van der Waals surface area contributed by atoms with Gasteiger partial charge < -0.3 is 10.2 Å². The normalized spacial score (nSPS) is 32.8. The second-order valence-corrected chi connectivity index (χ2v) is 6.97. The third kappa shape index (κ3) is 2.75. The maximum absolute atomic E-state index is 3.73. The van der Waals surface area contributed by atoms with Gasteiger partial charge in [0.25, 0.3) is 0 Å². The number of hydrogen-bond acceptors (Lipinski definition) is 3. The van der Waals surface area contributed by atoms with Crippen molar-refractivity contribution in [2.45, 2.75) is 38.4 Å². The van der Waals surface area contributed by atoms with Crippen LogP contribution in [0.3, 0.4) is 0 Å². The summed E-state index contributed by atoms with van der Waals surface area (Å²) in [6.07, 6.45) is 1.20. The lowest BCUT2D eigenvalue weighted by Gasteiger charge is -2.31. The van der Waals surface area contributed by atoms with Crippen molar-refractivity contribution >= 4 is 0 Å². The van der Waals surface area contributed by atoms with E-state index in [9.17, 15) is 0 Å². The van der Waals surface area contributed by atoms with Gasteiger partial charge in [0.2, 0.25) is 0 Å². The summed E-state index contributed by atoms with van der Waals surface area (Å²) in [4.78, 5) is 5.12. The number of nitrogens with one attached hydrogen (secondary N) is 1. The molecule has 3 nitrogen and oxygen atoms in total. The van der Waals surface area contributed by atoms with Gasteiger partial charge in [-0.25, -0.2) is 0 Å². The van der Waals surface area contributed by atoms with E-state index in [2.05, 4.69) is 67.3 Å². The van der Waals surface area contributed by atoms with Crippen LogP contribution in [0.4, 0.5) is 0 Å². The first-order valence-electron chi connectivity index (χ1n) is 8.33. The van der Waals surface area contributed by atoms with Crippen LogP contribution in [-0.2, 0) is 6.42 Å². The van der Waals surface area contributed by atoms with Crippen molar-refractivity contribution in [3.8, 4) is 0 Å². The van der Waals surface area contributed by atoms with Crippen molar-refractivity contribution in [2.75, 3.05) is 33.7 Å². The highest BCUT2D eigenvalue weighted by Crippen LogP contribution is 2.37. The second-order valence-electron chi connectivity index (χ2n) is 6.97. The van der Waals surface area contributed by atoms with Crippen molar-refractivity contribution in [1.29, 1.82) is 0 Å². The number of likely N-dealkylation sites (N-methyl/N-ethyl adjacent to an activating group) is 2. The molecule has 4 atom stereocenters. The zero-order chi connectivity index (χ0) is 15.0. The molecule has 0 aromatic heterocycles. The molecular weight excluding hydrogens is 258 g/mol. The van der Waals surface area contributed by atoms with E-state index >= 15 is 0 Å². The lowest BCUT2D eigenvalue weighted by atomic mass is 10.1. The SMILES string of the molecule is CCNC1c2ccccc2CC1N1CC(C)C(N(C)C)C1. The Bertz CT molecular complexity index is 485. The molecule has 1 aliphatic heterocycles. The van der Waals surface area contributed by atoms with Gasteiger partial charge in [-0.05, 0) is 44.1 Å². The van der Waals surface area contributed by atoms with Crippen molar-refractivity contribution in [3.63, 3.8) is 0 Å². The van der Waals surface area contributed by atoms with Gasteiger partial charge in [-0.3, -0.25) is 4.90 Å². The first-order valence-corrected chi connectivity index (χ1v) is 8.33. The number of likely N-dealkylation sites (tertiary alicyclic amines) is 1. The summed E-state index contributed by atoms with van der Waals surface area (Å²) in [7, 11) is 4.44. The number of nitrogens with zero attached hydrogens (tertiary/aromatic N) is 2. The van der Waals surface area contributed by atoms with Gasteiger partial charge in [0.15, 0.2) is 0 Å². The Hall–Kier alpha value is -0.900. The van der Waals surface area contributed by atoms with Gasteiger partial charge in [0, 0.05) is 31.2 Å². The Morgan fingerprint density at radius 2 is 2.00 bits per heavy atom. The first-order chi connectivity index (χ1) is 10.1. The molecule has 2 aliphatic rings. The van der Waals surface area contributed by atoms with E-state index in [1.807, 2.05) is 0 Å². The first kappa shape index (κ1) is 15.0. The van der Waals surface area contributed by atoms with Gasteiger partial charge >= 0.3 is 0 Å². The van der Waals surface area contributed by atoms with Crippen LogP contribution in [0.15, 0.2) is 24.3 Å². The Labute approximate surface area is 129 Å². The lowest BCUT2D eigenvalue weighted by Crippen LogP contribution is -2.43. The Kier molecular flexibility index (Phi) is 4.34. The van der Waals surface area contributed by atoms with E-state index in [0.29, 0.717) is 18.1 Å². The average Bonchev–Trinajstić information content (AvgIpc) is 3.01. The highest BCUT2D eigenvalue weighted by atomic mass is 15.3. The van der Waals surface area contributed by atoms with Crippen LogP contribution in [0.25, 0.3) is 0 Å². The van der Waals surface area contributed by atoms with Gasteiger partial charge in [-0.15, -0.1) is 0 Å². The fraction of sp³-hybridized carbons (Fsp3) is 0.667. The molecule has 4 unspecified atom stereocenters. The summed E-state index contributed by atoms with van der Waals surface area (Å²) < 4.78 is 0. The van der Waals surface area contributed by atoms with E-state index < -0.39 is 0 Å². The molecule has 3 heteroatoms. The summed E-state index contributed by atoms with van der Waals surface area (Å²) in [6, 6.07) is 10.8. The van der Waals surface area contributed by atoms with Crippen LogP contribution in [0.2, 0.25) is 0 Å². The Morgan fingerprint density at radius 1 is 1.24 bits per heavy atom. The largest absolute Gasteiger partial charge is 0.309 e. The minimum absolute atomic E-state index is 0.499. The van der Waals surface area contributed by atoms with Gasteiger partial charge in [0.1, 0.15) is 0 Å². The number of benzene rings is 1. The quantitative estimate of drug-likeness (QED) is 0.915. The summed E-state index contributed by atoms with van der Waals surface area (Å²) in [5.74, 6) is 0.756. The molecule has 0 radical (unpaired) electrons. The van der Waals surface area contributed by atoms with Crippen LogP contribution in [0.1, 0.15) is 31.0 Å². The Morgan fingerprint density at radius 3 is 2.67 bits per heavy atom. The van der Waals surface area contributed by atoms with E-state index in [0.717, 1.165) is 12.5 Å². The fourth-order valence-corrected chi connectivity index (χ4v) is 4.31. The van der Waals surface area contributed by atoms with Crippen LogP contribution < -0.4 is 5.32 Å². The molecular formula is C18H29N3. The molecule has 0 spiro atoms. The van der Waals surface area contributed by atoms with Crippen molar-refractivity contribution < 1.29 is 0 Å². The molecule has 116 valence electrons. The van der Waals surface area contributed by atoms with E-state index in [1.54, 1.807) is 0 Å². The molecule has 1 saturated heterocycles. The predicted octanol–water partition coefficient (Wildman–Crippen LogP) is 2.14. The maximum Gasteiger partial charge on any atom is 0.0484 e. The van der Waals surface area contributed by atoms with E-state index in [-0.39, 0.29) is 0 Å². The third-order valence-electron chi connectivity index (χ3n) is 5.36. The number of hydrogen-bond donors (Lipinski definition) is 1. The summed E-state index contributed by atoms with van der Waals surface area (Å²) in [5, 5.41) is 3.73. The molecule has 1 aromatic rings. The molecule has 21 heavy (non-hydrogen) atoms. The number of rotatable bonds is 4. The molecule has 0 bridgehead atoms. The minimum atomic E-state index is 0.499.